The zero-order valence-corrected chi connectivity index (χ0v) is 11.9. The molecule has 0 aromatic rings. The van der Waals surface area contributed by atoms with Gasteiger partial charge in [0.15, 0.2) is 5.96 Å². The van der Waals surface area contributed by atoms with Gasteiger partial charge >= 0.3 is 0 Å². The summed E-state index contributed by atoms with van der Waals surface area (Å²) in [4.78, 5) is 6.73. The normalized spacial score (nSPS) is 18.9. The van der Waals surface area contributed by atoms with Crippen LogP contribution >= 0.6 is 0 Å². The number of piperidine rings is 1. The molecule has 104 valence electrons. The van der Waals surface area contributed by atoms with E-state index in [2.05, 4.69) is 28.7 Å². The first-order valence-electron chi connectivity index (χ1n) is 6.98. The summed E-state index contributed by atoms with van der Waals surface area (Å²) in [5, 5.41) is 3.15. The molecule has 0 aromatic heterocycles. The molecular weight excluding hydrogens is 224 g/mol. The van der Waals surface area contributed by atoms with E-state index in [0.29, 0.717) is 12.5 Å². The van der Waals surface area contributed by atoms with Crippen molar-refractivity contribution >= 4 is 5.96 Å². The highest BCUT2D eigenvalue weighted by molar-refractivity contribution is 5.77. The molecule has 18 heavy (non-hydrogen) atoms. The average molecular weight is 252 g/mol. The predicted octanol–water partition coefficient (Wildman–Crippen LogP) is 1.59. The van der Waals surface area contributed by atoms with Gasteiger partial charge in [-0.3, -0.25) is 0 Å². The average Bonchev–Trinajstić information content (AvgIpc) is 2.34. The van der Waals surface area contributed by atoms with Crippen LogP contribution in [0.3, 0.4) is 0 Å². The van der Waals surface area contributed by atoms with Crippen molar-refractivity contribution in [1.82, 2.24) is 10.2 Å². The fourth-order valence-electron chi connectivity index (χ4n) is 2.08. The first-order valence-corrected chi connectivity index (χ1v) is 6.98. The van der Waals surface area contributed by atoms with Crippen LogP contribution in [0.2, 0.25) is 0 Å². The molecule has 3 N–H and O–H groups in total. The lowest BCUT2D eigenvalue weighted by Gasteiger charge is -2.30. The third kappa shape index (κ3) is 6.64. The first-order chi connectivity index (χ1) is 8.58. The van der Waals surface area contributed by atoms with E-state index in [1.165, 1.54) is 25.9 Å². The molecule has 1 saturated heterocycles. The van der Waals surface area contributed by atoms with Crippen LogP contribution in [0.5, 0.6) is 0 Å². The largest absolute Gasteiger partial charge is 0.370 e. The number of nitrogens with zero attached hydrogens (tertiary/aromatic N) is 2. The van der Waals surface area contributed by atoms with Gasteiger partial charge in [-0.2, -0.15) is 0 Å². The Morgan fingerprint density at radius 3 is 2.72 bits per heavy atom. The molecule has 0 bridgehead atoms. The van der Waals surface area contributed by atoms with Crippen molar-refractivity contribution in [2.24, 2.45) is 16.6 Å². The molecule has 0 spiro atoms. The fourth-order valence-corrected chi connectivity index (χ4v) is 2.08. The van der Waals surface area contributed by atoms with Crippen LogP contribution in [0.4, 0.5) is 0 Å². The number of rotatable bonds is 6. The monoisotopic (exact) mass is 252 g/mol. The van der Waals surface area contributed by atoms with Gasteiger partial charge in [0.25, 0.3) is 0 Å². The molecule has 0 radical (unpaired) electrons. The highest BCUT2D eigenvalue weighted by atomic mass is 15.1. The van der Waals surface area contributed by atoms with Crippen LogP contribution in [0.25, 0.3) is 0 Å². The SMILES string of the molecule is C=C(C)CN=C(N)NCCCN1CCC(C)CC1. The Morgan fingerprint density at radius 2 is 2.11 bits per heavy atom. The number of hydrogen-bond donors (Lipinski definition) is 2. The molecule has 0 unspecified atom stereocenters. The highest BCUT2D eigenvalue weighted by Crippen LogP contribution is 2.15. The van der Waals surface area contributed by atoms with Gasteiger partial charge in [-0.15, -0.1) is 0 Å². The third-order valence-electron chi connectivity index (χ3n) is 3.35. The van der Waals surface area contributed by atoms with Crippen LogP contribution in [0, 0.1) is 5.92 Å². The van der Waals surface area contributed by atoms with E-state index in [-0.39, 0.29) is 0 Å². The number of nitrogens with two attached hydrogens (primary N) is 1. The van der Waals surface area contributed by atoms with Gasteiger partial charge < -0.3 is 16.0 Å². The molecule has 4 nitrogen and oxygen atoms in total. The van der Waals surface area contributed by atoms with E-state index in [0.717, 1.165) is 31.0 Å². The summed E-state index contributed by atoms with van der Waals surface area (Å²) in [7, 11) is 0. The van der Waals surface area contributed by atoms with E-state index in [4.69, 9.17) is 5.73 Å². The lowest BCUT2D eigenvalue weighted by molar-refractivity contribution is 0.191. The van der Waals surface area contributed by atoms with E-state index >= 15 is 0 Å². The molecule has 0 amide bonds. The fraction of sp³-hybridized carbons (Fsp3) is 0.786. The Bertz CT molecular complexity index is 278. The molecule has 1 heterocycles. The quantitative estimate of drug-likeness (QED) is 0.327. The molecule has 0 aromatic carbocycles. The maximum Gasteiger partial charge on any atom is 0.188 e. The van der Waals surface area contributed by atoms with Crippen molar-refractivity contribution in [3.05, 3.63) is 12.2 Å². The number of hydrogen-bond acceptors (Lipinski definition) is 2. The summed E-state index contributed by atoms with van der Waals surface area (Å²) in [5.41, 5.74) is 6.77. The van der Waals surface area contributed by atoms with Gasteiger partial charge in [0.2, 0.25) is 0 Å². The molecule has 1 aliphatic heterocycles. The molecule has 0 aliphatic carbocycles. The minimum atomic E-state index is 0.533. The van der Waals surface area contributed by atoms with Crippen LogP contribution in [-0.2, 0) is 0 Å². The molecule has 1 fully saturated rings. The standard InChI is InChI=1S/C14H28N4/c1-12(2)11-17-14(15)16-7-4-8-18-9-5-13(3)6-10-18/h13H,1,4-11H2,2-3H3,(H3,15,16,17). The Labute approximate surface area is 111 Å². The predicted molar refractivity (Wildman–Crippen MR) is 78.8 cm³/mol. The summed E-state index contributed by atoms with van der Waals surface area (Å²) >= 11 is 0. The second-order valence-corrected chi connectivity index (χ2v) is 5.46. The summed E-state index contributed by atoms with van der Waals surface area (Å²) in [6.07, 6.45) is 3.81. The minimum absolute atomic E-state index is 0.533. The summed E-state index contributed by atoms with van der Waals surface area (Å²) < 4.78 is 0. The van der Waals surface area contributed by atoms with Gasteiger partial charge in [0.1, 0.15) is 0 Å². The summed E-state index contributed by atoms with van der Waals surface area (Å²) in [6, 6.07) is 0. The van der Waals surface area contributed by atoms with E-state index in [1.807, 2.05) is 6.92 Å². The van der Waals surface area contributed by atoms with E-state index in [1.54, 1.807) is 0 Å². The Morgan fingerprint density at radius 1 is 1.44 bits per heavy atom. The molecule has 1 rings (SSSR count). The number of aliphatic imine (C=N–C) groups is 1. The zero-order chi connectivity index (χ0) is 13.4. The van der Waals surface area contributed by atoms with Crippen LogP contribution < -0.4 is 11.1 Å². The van der Waals surface area contributed by atoms with Gasteiger partial charge in [0, 0.05) is 6.54 Å². The second-order valence-electron chi connectivity index (χ2n) is 5.46. The van der Waals surface area contributed by atoms with Crippen molar-refractivity contribution in [2.45, 2.75) is 33.1 Å². The molecule has 0 atom stereocenters. The van der Waals surface area contributed by atoms with Crippen molar-refractivity contribution < 1.29 is 0 Å². The first kappa shape index (κ1) is 15.0. The molecule has 4 heteroatoms. The Kier molecular flexibility index (Phi) is 6.80. The maximum absolute atomic E-state index is 5.74. The zero-order valence-electron chi connectivity index (χ0n) is 11.9. The van der Waals surface area contributed by atoms with Crippen LogP contribution in [0.15, 0.2) is 17.1 Å². The number of likely N-dealkylation sites (tertiary alicyclic amines) is 1. The van der Waals surface area contributed by atoms with Gasteiger partial charge in [-0.25, -0.2) is 4.99 Å². The molecule has 1 aliphatic rings. The van der Waals surface area contributed by atoms with E-state index in [9.17, 15) is 0 Å². The topological polar surface area (TPSA) is 53.6 Å². The maximum atomic E-state index is 5.74. The molecule has 0 saturated carbocycles. The lowest BCUT2D eigenvalue weighted by atomic mass is 9.99. The summed E-state index contributed by atoms with van der Waals surface area (Å²) in [6.45, 7) is 13.3. The van der Waals surface area contributed by atoms with Gasteiger partial charge in [-0.1, -0.05) is 19.1 Å². The van der Waals surface area contributed by atoms with Crippen molar-refractivity contribution in [1.29, 1.82) is 0 Å². The van der Waals surface area contributed by atoms with Gasteiger partial charge in [0.05, 0.1) is 6.54 Å². The van der Waals surface area contributed by atoms with Crippen LogP contribution in [-0.4, -0.2) is 43.6 Å². The van der Waals surface area contributed by atoms with Gasteiger partial charge in [-0.05, 0) is 51.7 Å². The minimum Gasteiger partial charge on any atom is -0.370 e. The second kappa shape index (κ2) is 8.14. The Balaban J connectivity index is 2.04. The van der Waals surface area contributed by atoms with Crippen molar-refractivity contribution in [3.8, 4) is 0 Å². The Hall–Kier alpha value is -1.03. The smallest absolute Gasteiger partial charge is 0.188 e. The number of guanidine groups is 1. The number of nitrogens with one attached hydrogen (secondary N) is 1. The van der Waals surface area contributed by atoms with Crippen LogP contribution in [0.1, 0.15) is 33.1 Å². The summed E-state index contributed by atoms with van der Waals surface area (Å²) in [5.74, 6) is 1.44. The molecular formula is C14H28N4. The van der Waals surface area contributed by atoms with Crippen molar-refractivity contribution in [3.63, 3.8) is 0 Å². The van der Waals surface area contributed by atoms with E-state index < -0.39 is 0 Å². The highest BCUT2D eigenvalue weighted by Gasteiger charge is 2.14. The lowest BCUT2D eigenvalue weighted by Crippen LogP contribution is -2.37. The third-order valence-corrected chi connectivity index (χ3v) is 3.35. The van der Waals surface area contributed by atoms with Crippen molar-refractivity contribution in [2.75, 3.05) is 32.7 Å².